The quantitative estimate of drug-likeness (QED) is 0.351. The van der Waals surface area contributed by atoms with Gasteiger partial charge in [-0.15, -0.1) is 0 Å². The minimum absolute atomic E-state index is 0. The molecular formula is C20H26BF4Fe-. The molecule has 0 unspecified atom stereocenters. The fraction of sp³-hybridized carbons (Fsp3) is 0.100. The Morgan fingerprint density at radius 2 is 0.962 bits per heavy atom. The molecule has 0 fully saturated rings. The van der Waals surface area contributed by atoms with Crippen molar-refractivity contribution < 1.29 is 34.7 Å². The summed E-state index contributed by atoms with van der Waals surface area (Å²) in [5, 5.41) is 0. The summed E-state index contributed by atoms with van der Waals surface area (Å²) < 4.78 is 29.0. The molecule has 0 atom stereocenters. The van der Waals surface area contributed by atoms with Crippen molar-refractivity contribution in [2.24, 2.45) is 0 Å². The van der Waals surface area contributed by atoms with E-state index in [1.807, 2.05) is 54.6 Å². The smallest absolute Gasteiger partial charge is 1.00 e. The van der Waals surface area contributed by atoms with Crippen LogP contribution in [0.2, 0.25) is 0 Å². The maximum Gasteiger partial charge on any atom is 2.00 e. The van der Waals surface area contributed by atoms with Gasteiger partial charge in [-0.05, 0) is 13.3 Å². The predicted octanol–water partition coefficient (Wildman–Crippen LogP) is 3.97. The third kappa shape index (κ3) is 33.7. The van der Waals surface area contributed by atoms with Crippen LogP contribution in [0.15, 0.2) is 91.0 Å². The molecule has 1 aliphatic rings. The zero-order chi connectivity index (χ0) is 16.5. The molecule has 0 amide bonds. The maximum atomic E-state index is 9.67. The number of allylic oxidation sites excluding steroid dienone is 4. The van der Waals surface area contributed by atoms with Crippen LogP contribution in [0.25, 0.3) is 0 Å². The molecule has 0 heterocycles. The molecule has 0 aromatic heterocycles. The molecule has 2 aromatic carbocycles. The molecule has 1 aliphatic carbocycles. The summed E-state index contributed by atoms with van der Waals surface area (Å²) in [5.74, 6) is 0. The maximum absolute atomic E-state index is 9.67. The second kappa shape index (κ2) is 28.0. The molecule has 6 heteroatoms. The fourth-order valence-electron chi connectivity index (χ4n) is 1.31. The van der Waals surface area contributed by atoms with Gasteiger partial charge in [0, 0.05) is 0 Å². The Balaban J connectivity index is -0.0000000730. The van der Waals surface area contributed by atoms with Crippen LogP contribution in [-0.2, 0) is 17.1 Å². The molecule has 0 aliphatic heterocycles. The number of aryl methyl sites for hydroxylation is 1. The van der Waals surface area contributed by atoms with Gasteiger partial charge in [0.15, 0.2) is 0 Å². The van der Waals surface area contributed by atoms with Crippen LogP contribution >= 0.6 is 0 Å². The largest absolute Gasteiger partial charge is 2.00 e. The van der Waals surface area contributed by atoms with Crippen molar-refractivity contribution in [3.63, 3.8) is 0 Å². The van der Waals surface area contributed by atoms with Gasteiger partial charge in [0.05, 0.1) is 0 Å². The van der Waals surface area contributed by atoms with Gasteiger partial charge in [-0.3, -0.25) is 12.9 Å². The zero-order valence-electron chi connectivity index (χ0n) is 15.3. The molecule has 2 aromatic rings. The second-order valence-corrected chi connectivity index (χ2v) is 4.15. The molecule has 0 spiro atoms. The average Bonchev–Trinajstić information content (AvgIpc) is 3.09. The molecule has 146 valence electrons. The van der Waals surface area contributed by atoms with Crippen LogP contribution in [0.1, 0.15) is 12.0 Å². The normalized spacial score (nSPS) is 8.62. The number of hydrogen-bond acceptors (Lipinski definition) is 0. The van der Waals surface area contributed by atoms with E-state index in [2.05, 4.69) is 43.4 Å². The monoisotopic (exact) mass is 409 g/mol. The van der Waals surface area contributed by atoms with Crippen molar-refractivity contribution in [3.05, 3.63) is 111 Å². The van der Waals surface area contributed by atoms with E-state index in [9.17, 15) is 12.9 Å². The minimum atomic E-state index is -3.67. The van der Waals surface area contributed by atoms with Crippen molar-refractivity contribution in [2.45, 2.75) is 13.3 Å². The van der Waals surface area contributed by atoms with Gasteiger partial charge >= 0.3 is 24.6 Å². The van der Waals surface area contributed by atoms with Crippen molar-refractivity contribution in [1.29, 1.82) is 0 Å². The molecule has 0 bridgehead atoms. The minimum Gasteiger partial charge on any atom is -1.00 e. The summed E-state index contributed by atoms with van der Waals surface area (Å²) in [6.45, 7) is 2.08. The molecule has 26 heavy (non-hydrogen) atoms. The topological polar surface area (TPSA) is 0 Å². The summed E-state index contributed by atoms with van der Waals surface area (Å²) in [6, 6.07) is 22.3. The molecular weight excluding hydrogens is 383 g/mol. The molecule has 0 saturated heterocycles. The van der Waals surface area contributed by atoms with Gasteiger partial charge in [-0.1, -0.05) is 96.6 Å². The average molecular weight is 409 g/mol. The van der Waals surface area contributed by atoms with Crippen LogP contribution < -0.4 is 4.70 Å². The number of hydrogen-bond donors (Lipinski definition) is 0. The summed E-state index contributed by atoms with van der Waals surface area (Å²) in [4.78, 5) is 0. The van der Waals surface area contributed by atoms with Gasteiger partial charge in [-0.25, -0.2) is 0 Å². The van der Waals surface area contributed by atoms with Crippen LogP contribution in [0.5, 0.6) is 0 Å². The Kier molecular flexibility index (Phi) is 38.1. The Hall–Kier alpha value is -1.78. The standard InChI is InChI=1S/C7H8.C6H6.C5H6.2CH3.BF3.FH.Fe/c1-7-5-3-2-4-6-7;1-2-4-6-5-3-1;1-2-4-5-3-1;;;2-1(3)4;;/h2-6H,1H3;1-6H;1-4H,5H2;2*1H3;;1H;/q;;;2*-1;;;+2/p-1. The van der Waals surface area contributed by atoms with E-state index in [0.717, 1.165) is 6.42 Å². The predicted molar refractivity (Wildman–Crippen MR) is 102 cm³/mol. The van der Waals surface area contributed by atoms with Gasteiger partial charge < -0.3 is 19.6 Å². The first-order valence-corrected chi connectivity index (χ1v) is 6.88. The van der Waals surface area contributed by atoms with Crippen molar-refractivity contribution in [2.75, 3.05) is 0 Å². The fourth-order valence-corrected chi connectivity index (χ4v) is 1.31. The second-order valence-electron chi connectivity index (χ2n) is 4.15. The SMILES string of the molecule is C1=CCC=C1.Cc1ccccc1.FB(F)F.[CH3-].[CH3-].[F-].[Fe+2].c1ccccc1. The van der Waals surface area contributed by atoms with Gasteiger partial charge in [0.1, 0.15) is 0 Å². The van der Waals surface area contributed by atoms with E-state index >= 15 is 0 Å². The van der Waals surface area contributed by atoms with Crippen molar-refractivity contribution >= 4 is 7.54 Å². The van der Waals surface area contributed by atoms with Crippen LogP contribution in [0.3, 0.4) is 0 Å². The Bertz CT molecular complexity index is 466. The summed E-state index contributed by atoms with van der Waals surface area (Å²) >= 11 is 0. The number of rotatable bonds is 0. The van der Waals surface area contributed by atoms with E-state index in [1.165, 1.54) is 5.56 Å². The Morgan fingerprint density at radius 1 is 0.692 bits per heavy atom. The van der Waals surface area contributed by atoms with E-state index in [-0.39, 0.29) is 36.6 Å². The van der Waals surface area contributed by atoms with Crippen LogP contribution in [0.4, 0.5) is 12.9 Å². The van der Waals surface area contributed by atoms with E-state index in [1.54, 1.807) is 0 Å². The van der Waals surface area contributed by atoms with Crippen LogP contribution in [0, 0.1) is 21.8 Å². The summed E-state index contributed by atoms with van der Waals surface area (Å²) in [7, 11) is -3.67. The van der Waals surface area contributed by atoms with Gasteiger partial charge in [0.25, 0.3) is 0 Å². The first-order valence-electron chi connectivity index (χ1n) is 6.88. The third-order valence-corrected chi connectivity index (χ3v) is 2.26. The van der Waals surface area contributed by atoms with Crippen LogP contribution in [-0.4, -0.2) is 7.54 Å². The molecule has 0 saturated carbocycles. The van der Waals surface area contributed by atoms with Crippen molar-refractivity contribution in [3.8, 4) is 0 Å². The van der Waals surface area contributed by atoms with Gasteiger partial charge in [-0.2, -0.15) is 0 Å². The van der Waals surface area contributed by atoms with E-state index < -0.39 is 7.54 Å². The molecule has 0 N–H and O–H groups in total. The van der Waals surface area contributed by atoms with E-state index in [0.29, 0.717) is 0 Å². The zero-order valence-corrected chi connectivity index (χ0v) is 16.4. The number of benzene rings is 2. The Morgan fingerprint density at radius 3 is 1.12 bits per heavy atom. The molecule has 0 nitrogen and oxygen atoms in total. The van der Waals surface area contributed by atoms with E-state index in [4.69, 9.17) is 0 Å². The number of halogens is 4. The summed E-state index contributed by atoms with van der Waals surface area (Å²) in [6.07, 6.45) is 9.50. The first-order chi connectivity index (χ1) is 10.6. The first kappa shape index (κ1) is 35.4. The summed E-state index contributed by atoms with van der Waals surface area (Å²) in [5.41, 5.74) is 1.32. The van der Waals surface area contributed by atoms with Crippen molar-refractivity contribution in [1.82, 2.24) is 0 Å². The Labute approximate surface area is 167 Å². The molecule has 3 rings (SSSR count). The third-order valence-electron chi connectivity index (χ3n) is 2.26. The molecule has 0 radical (unpaired) electrons. The van der Waals surface area contributed by atoms with Gasteiger partial charge in [0.2, 0.25) is 0 Å².